The standard InChI is InChI=1S/C23H24N4O2/c28-22(24-16-21-7-4-12-29-21)19-10-8-18(9-11-19)20-14-26-23(27-15-20)25-13-17-5-2-1-3-6-17/h1-3,5-6,8-11,14-15,21H,4,7,12-13,16H2,(H,24,28)(H,25,26,27)/t21-/m1/s1. The smallest absolute Gasteiger partial charge is 0.251 e. The minimum Gasteiger partial charge on any atom is -0.376 e. The van der Waals surface area contributed by atoms with Crippen LogP contribution in [-0.2, 0) is 11.3 Å². The van der Waals surface area contributed by atoms with Crippen molar-refractivity contribution in [3.05, 3.63) is 78.1 Å². The molecule has 2 heterocycles. The van der Waals surface area contributed by atoms with Crippen molar-refractivity contribution >= 4 is 11.9 Å². The molecule has 6 heteroatoms. The number of ether oxygens (including phenoxy) is 1. The summed E-state index contributed by atoms with van der Waals surface area (Å²) >= 11 is 0. The van der Waals surface area contributed by atoms with E-state index in [4.69, 9.17) is 4.74 Å². The predicted molar refractivity (Wildman–Crippen MR) is 113 cm³/mol. The number of hydrogen-bond donors (Lipinski definition) is 2. The number of nitrogens with zero attached hydrogens (tertiary/aromatic N) is 2. The summed E-state index contributed by atoms with van der Waals surface area (Å²) in [4.78, 5) is 21.1. The molecule has 29 heavy (non-hydrogen) atoms. The summed E-state index contributed by atoms with van der Waals surface area (Å²) in [6, 6.07) is 17.6. The van der Waals surface area contributed by atoms with Crippen LogP contribution in [0.15, 0.2) is 67.0 Å². The molecule has 0 radical (unpaired) electrons. The topological polar surface area (TPSA) is 76.1 Å². The highest BCUT2D eigenvalue weighted by atomic mass is 16.5. The third-order valence-corrected chi connectivity index (χ3v) is 4.94. The van der Waals surface area contributed by atoms with Gasteiger partial charge in [0.25, 0.3) is 5.91 Å². The Hall–Kier alpha value is -3.25. The molecule has 1 amide bonds. The molecule has 0 bridgehead atoms. The van der Waals surface area contributed by atoms with Crippen LogP contribution in [0.25, 0.3) is 11.1 Å². The largest absolute Gasteiger partial charge is 0.376 e. The van der Waals surface area contributed by atoms with E-state index in [1.807, 2.05) is 42.5 Å². The second-order valence-electron chi connectivity index (χ2n) is 7.06. The highest BCUT2D eigenvalue weighted by Gasteiger charge is 2.16. The number of benzene rings is 2. The first-order valence-electron chi connectivity index (χ1n) is 9.88. The van der Waals surface area contributed by atoms with E-state index in [9.17, 15) is 4.79 Å². The van der Waals surface area contributed by atoms with Crippen molar-refractivity contribution < 1.29 is 9.53 Å². The number of hydrogen-bond acceptors (Lipinski definition) is 5. The van der Waals surface area contributed by atoms with Gasteiger partial charge < -0.3 is 15.4 Å². The summed E-state index contributed by atoms with van der Waals surface area (Å²) in [6.45, 7) is 2.03. The predicted octanol–water partition coefficient (Wildman–Crippen LogP) is 3.66. The van der Waals surface area contributed by atoms with Crippen molar-refractivity contribution in [1.29, 1.82) is 0 Å². The maximum atomic E-state index is 12.3. The summed E-state index contributed by atoms with van der Waals surface area (Å²) in [5.74, 6) is 0.506. The SMILES string of the molecule is O=C(NC[C@H]1CCCO1)c1ccc(-c2cnc(NCc3ccccc3)nc2)cc1. The van der Waals surface area contributed by atoms with Crippen LogP contribution in [0.4, 0.5) is 5.95 Å². The van der Waals surface area contributed by atoms with Gasteiger partial charge in [-0.05, 0) is 36.1 Å². The Balaban J connectivity index is 1.32. The van der Waals surface area contributed by atoms with Crippen LogP contribution in [0.2, 0.25) is 0 Å². The molecule has 0 unspecified atom stereocenters. The van der Waals surface area contributed by atoms with Crippen LogP contribution in [0.3, 0.4) is 0 Å². The molecule has 1 aromatic heterocycles. The van der Waals surface area contributed by atoms with Crippen molar-refractivity contribution in [2.45, 2.75) is 25.5 Å². The van der Waals surface area contributed by atoms with Crippen molar-refractivity contribution in [2.75, 3.05) is 18.5 Å². The van der Waals surface area contributed by atoms with Gasteiger partial charge >= 0.3 is 0 Å². The Morgan fingerprint density at radius 3 is 2.45 bits per heavy atom. The Morgan fingerprint density at radius 2 is 1.76 bits per heavy atom. The highest BCUT2D eigenvalue weighted by molar-refractivity contribution is 5.94. The molecule has 6 nitrogen and oxygen atoms in total. The Morgan fingerprint density at radius 1 is 1.00 bits per heavy atom. The Kier molecular flexibility index (Phi) is 6.12. The normalized spacial score (nSPS) is 15.8. The molecular formula is C23H24N4O2. The maximum Gasteiger partial charge on any atom is 0.251 e. The first-order chi connectivity index (χ1) is 14.3. The molecular weight excluding hydrogens is 364 g/mol. The molecule has 2 N–H and O–H groups in total. The fourth-order valence-electron chi connectivity index (χ4n) is 3.27. The summed E-state index contributed by atoms with van der Waals surface area (Å²) in [5.41, 5.74) is 3.68. The monoisotopic (exact) mass is 388 g/mol. The van der Waals surface area contributed by atoms with Gasteiger partial charge in [-0.3, -0.25) is 4.79 Å². The molecule has 1 saturated heterocycles. The van der Waals surface area contributed by atoms with Gasteiger partial charge in [-0.25, -0.2) is 9.97 Å². The van der Waals surface area contributed by atoms with Gasteiger partial charge in [0, 0.05) is 43.2 Å². The number of nitrogens with one attached hydrogen (secondary N) is 2. The first kappa shape index (κ1) is 19.1. The van der Waals surface area contributed by atoms with E-state index in [0.29, 0.717) is 24.6 Å². The minimum absolute atomic E-state index is 0.0799. The van der Waals surface area contributed by atoms with Crippen LogP contribution in [0, 0.1) is 0 Å². The number of rotatable bonds is 7. The van der Waals surface area contributed by atoms with Gasteiger partial charge in [-0.1, -0.05) is 42.5 Å². The van der Waals surface area contributed by atoms with E-state index in [1.54, 1.807) is 12.4 Å². The van der Waals surface area contributed by atoms with Crippen LogP contribution in [-0.4, -0.2) is 35.1 Å². The quantitative estimate of drug-likeness (QED) is 0.646. The number of carbonyl (C=O) groups is 1. The first-order valence-corrected chi connectivity index (χ1v) is 9.88. The van der Waals surface area contributed by atoms with Gasteiger partial charge in [-0.2, -0.15) is 0 Å². The van der Waals surface area contributed by atoms with Gasteiger partial charge in [0.2, 0.25) is 5.95 Å². The number of anilines is 1. The van der Waals surface area contributed by atoms with Crippen molar-refractivity contribution in [1.82, 2.24) is 15.3 Å². The van der Waals surface area contributed by atoms with Crippen LogP contribution < -0.4 is 10.6 Å². The molecule has 0 aliphatic carbocycles. The van der Waals surface area contributed by atoms with E-state index >= 15 is 0 Å². The van der Waals surface area contributed by atoms with Crippen LogP contribution >= 0.6 is 0 Å². The second kappa shape index (κ2) is 9.30. The van der Waals surface area contributed by atoms with Gasteiger partial charge in [0.1, 0.15) is 0 Å². The number of carbonyl (C=O) groups excluding carboxylic acids is 1. The maximum absolute atomic E-state index is 12.3. The summed E-state index contributed by atoms with van der Waals surface area (Å²) < 4.78 is 5.53. The fraction of sp³-hybridized carbons (Fsp3) is 0.261. The molecule has 1 fully saturated rings. The zero-order valence-corrected chi connectivity index (χ0v) is 16.2. The summed E-state index contributed by atoms with van der Waals surface area (Å²) in [6.07, 6.45) is 5.79. The van der Waals surface area contributed by atoms with Crippen LogP contribution in [0.1, 0.15) is 28.8 Å². The highest BCUT2D eigenvalue weighted by Crippen LogP contribution is 2.19. The van der Waals surface area contributed by atoms with Crippen molar-refractivity contribution in [3.8, 4) is 11.1 Å². The van der Waals surface area contributed by atoms with Gasteiger partial charge in [-0.15, -0.1) is 0 Å². The molecule has 0 saturated carbocycles. The second-order valence-corrected chi connectivity index (χ2v) is 7.06. The minimum atomic E-state index is -0.0799. The average molecular weight is 388 g/mol. The molecule has 3 aromatic rings. The summed E-state index contributed by atoms with van der Waals surface area (Å²) in [5, 5.41) is 6.15. The number of amides is 1. The summed E-state index contributed by atoms with van der Waals surface area (Å²) in [7, 11) is 0. The lowest BCUT2D eigenvalue weighted by atomic mass is 10.1. The molecule has 0 spiro atoms. The Labute approximate surface area is 170 Å². The molecule has 1 atom stereocenters. The van der Waals surface area contributed by atoms with E-state index in [1.165, 1.54) is 5.56 Å². The average Bonchev–Trinajstić information content (AvgIpc) is 3.31. The molecule has 2 aromatic carbocycles. The lowest BCUT2D eigenvalue weighted by Gasteiger charge is -2.11. The Bertz CT molecular complexity index is 921. The van der Waals surface area contributed by atoms with Gasteiger partial charge in [0.15, 0.2) is 0 Å². The molecule has 1 aliphatic rings. The lowest BCUT2D eigenvalue weighted by molar-refractivity contribution is 0.0858. The van der Waals surface area contributed by atoms with Crippen LogP contribution in [0.5, 0.6) is 0 Å². The zero-order valence-electron chi connectivity index (χ0n) is 16.2. The van der Waals surface area contributed by atoms with Crippen molar-refractivity contribution in [3.63, 3.8) is 0 Å². The molecule has 148 valence electrons. The van der Waals surface area contributed by atoms with Gasteiger partial charge in [0.05, 0.1) is 6.10 Å². The lowest BCUT2D eigenvalue weighted by Crippen LogP contribution is -2.31. The van der Waals surface area contributed by atoms with E-state index in [0.717, 1.165) is 30.6 Å². The van der Waals surface area contributed by atoms with E-state index in [-0.39, 0.29) is 12.0 Å². The number of aromatic nitrogens is 2. The molecule has 4 rings (SSSR count). The molecule has 1 aliphatic heterocycles. The third kappa shape index (κ3) is 5.18. The zero-order chi connectivity index (χ0) is 19.9. The van der Waals surface area contributed by atoms with E-state index in [2.05, 4.69) is 32.7 Å². The third-order valence-electron chi connectivity index (χ3n) is 4.94. The van der Waals surface area contributed by atoms with Crippen molar-refractivity contribution in [2.24, 2.45) is 0 Å². The van der Waals surface area contributed by atoms with E-state index < -0.39 is 0 Å². The fourth-order valence-corrected chi connectivity index (χ4v) is 3.27.